The van der Waals surface area contributed by atoms with Crippen molar-refractivity contribution in [2.75, 3.05) is 18.0 Å². The van der Waals surface area contributed by atoms with Gasteiger partial charge >= 0.3 is 5.97 Å². The molecule has 0 amide bonds. The average molecular weight is 265 g/mol. The van der Waals surface area contributed by atoms with E-state index in [1.807, 2.05) is 13.0 Å². The molecule has 0 atom stereocenters. The maximum Gasteiger partial charge on any atom is 0.323 e. The first-order valence-electron chi connectivity index (χ1n) is 6.73. The van der Waals surface area contributed by atoms with Crippen molar-refractivity contribution in [2.45, 2.75) is 40.5 Å². The molecule has 1 rings (SSSR count). The van der Waals surface area contributed by atoms with Gasteiger partial charge in [-0.1, -0.05) is 27.2 Å². The van der Waals surface area contributed by atoms with Crippen LogP contribution < -0.4 is 4.90 Å². The molecule has 0 aromatic carbocycles. The fourth-order valence-electron chi connectivity index (χ4n) is 2.00. The Labute approximate surface area is 114 Å². The Kier molecular flexibility index (Phi) is 5.73. The summed E-state index contributed by atoms with van der Waals surface area (Å²) in [5, 5.41) is 9.02. The maximum atomic E-state index is 11.0. The molecule has 0 spiro atoms. The van der Waals surface area contributed by atoms with E-state index in [1.165, 1.54) is 0 Å². The molecule has 19 heavy (non-hydrogen) atoms. The molecule has 5 heteroatoms. The minimum Gasteiger partial charge on any atom is -0.480 e. The zero-order chi connectivity index (χ0) is 14.4. The molecule has 1 N–H and O–H groups in total. The van der Waals surface area contributed by atoms with E-state index in [4.69, 9.17) is 5.11 Å². The van der Waals surface area contributed by atoms with Crippen LogP contribution in [0.25, 0.3) is 0 Å². The molecule has 1 heterocycles. The Hall–Kier alpha value is -1.65. The van der Waals surface area contributed by atoms with Gasteiger partial charge in [-0.3, -0.25) is 4.79 Å². The van der Waals surface area contributed by atoms with Gasteiger partial charge in [-0.05, 0) is 19.3 Å². The Bertz CT molecular complexity index is 433. The Morgan fingerprint density at radius 2 is 2.11 bits per heavy atom. The lowest BCUT2D eigenvalue weighted by atomic mass is 10.2. The molecule has 0 bridgehead atoms. The van der Waals surface area contributed by atoms with E-state index < -0.39 is 5.97 Å². The molecular weight excluding hydrogens is 242 g/mol. The topological polar surface area (TPSA) is 66.3 Å². The first-order chi connectivity index (χ1) is 8.92. The number of aliphatic carboxylic acids is 1. The van der Waals surface area contributed by atoms with Crippen molar-refractivity contribution in [3.8, 4) is 0 Å². The minimum absolute atomic E-state index is 0.0276. The summed E-state index contributed by atoms with van der Waals surface area (Å²) in [4.78, 5) is 21.5. The van der Waals surface area contributed by atoms with Crippen molar-refractivity contribution in [3.63, 3.8) is 0 Å². The van der Waals surface area contributed by atoms with Gasteiger partial charge < -0.3 is 10.0 Å². The molecule has 106 valence electrons. The Morgan fingerprint density at radius 1 is 1.42 bits per heavy atom. The fraction of sp³-hybridized carbons (Fsp3) is 0.643. The molecule has 0 aliphatic heterocycles. The predicted molar refractivity (Wildman–Crippen MR) is 75.5 cm³/mol. The van der Waals surface area contributed by atoms with Crippen molar-refractivity contribution >= 4 is 11.8 Å². The monoisotopic (exact) mass is 265 g/mol. The van der Waals surface area contributed by atoms with Crippen LogP contribution in [0.3, 0.4) is 0 Å². The fourth-order valence-corrected chi connectivity index (χ4v) is 2.00. The van der Waals surface area contributed by atoms with Crippen molar-refractivity contribution in [1.29, 1.82) is 0 Å². The van der Waals surface area contributed by atoms with Gasteiger partial charge in [0.05, 0.1) is 0 Å². The minimum atomic E-state index is -0.839. The lowest BCUT2D eigenvalue weighted by molar-refractivity contribution is -0.135. The van der Waals surface area contributed by atoms with Crippen LogP contribution in [0.15, 0.2) is 6.07 Å². The SMILES string of the molecule is CCCc1cc(N(CC(=O)O)CC(C)C)nc(C)n1. The highest BCUT2D eigenvalue weighted by atomic mass is 16.4. The summed E-state index contributed by atoms with van der Waals surface area (Å²) in [6.07, 6.45) is 1.90. The summed E-state index contributed by atoms with van der Waals surface area (Å²) >= 11 is 0. The summed E-state index contributed by atoms with van der Waals surface area (Å²) in [5.41, 5.74) is 0.976. The first-order valence-corrected chi connectivity index (χ1v) is 6.73. The highest BCUT2D eigenvalue weighted by molar-refractivity contribution is 5.73. The lowest BCUT2D eigenvalue weighted by Gasteiger charge is -2.24. The molecule has 0 fully saturated rings. The van der Waals surface area contributed by atoms with E-state index >= 15 is 0 Å². The highest BCUT2D eigenvalue weighted by Crippen LogP contribution is 2.15. The second-order valence-corrected chi connectivity index (χ2v) is 5.18. The summed E-state index contributed by atoms with van der Waals surface area (Å²) < 4.78 is 0. The standard InChI is InChI=1S/C14H23N3O2/c1-5-6-12-7-13(16-11(4)15-12)17(8-10(2)3)9-14(18)19/h7,10H,5-6,8-9H2,1-4H3,(H,18,19). The van der Waals surface area contributed by atoms with Gasteiger partial charge in [0, 0.05) is 18.3 Å². The molecule has 0 saturated carbocycles. The van der Waals surface area contributed by atoms with Crippen molar-refractivity contribution < 1.29 is 9.90 Å². The van der Waals surface area contributed by atoms with E-state index in [-0.39, 0.29) is 6.54 Å². The van der Waals surface area contributed by atoms with Gasteiger partial charge in [-0.25, -0.2) is 9.97 Å². The molecule has 0 unspecified atom stereocenters. The molecule has 0 aliphatic carbocycles. The van der Waals surface area contributed by atoms with E-state index in [0.29, 0.717) is 24.1 Å². The quantitative estimate of drug-likeness (QED) is 0.819. The third-order valence-electron chi connectivity index (χ3n) is 2.62. The van der Waals surface area contributed by atoms with Crippen LogP contribution in [-0.2, 0) is 11.2 Å². The summed E-state index contributed by atoms with van der Waals surface area (Å²) in [5.74, 6) is 0.949. The third-order valence-corrected chi connectivity index (χ3v) is 2.62. The van der Waals surface area contributed by atoms with Crippen LogP contribution in [-0.4, -0.2) is 34.1 Å². The number of rotatable bonds is 7. The van der Waals surface area contributed by atoms with Gasteiger partial charge in [0.1, 0.15) is 18.2 Å². The van der Waals surface area contributed by atoms with Gasteiger partial charge in [-0.15, -0.1) is 0 Å². The van der Waals surface area contributed by atoms with Crippen molar-refractivity contribution in [2.24, 2.45) is 5.92 Å². The van der Waals surface area contributed by atoms with Gasteiger partial charge in [0.2, 0.25) is 0 Å². The zero-order valence-electron chi connectivity index (χ0n) is 12.2. The van der Waals surface area contributed by atoms with Crippen LogP contribution in [0.4, 0.5) is 5.82 Å². The second-order valence-electron chi connectivity index (χ2n) is 5.18. The number of hydrogen-bond acceptors (Lipinski definition) is 4. The molecular formula is C14H23N3O2. The lowest BCUT2D eigenvalue weighted by Crippen LogP contribution is -2.34. The zero-order valence-corrected chi connectivity index (χ0v) is 12.2. The molecule has 1 aromatic rings. The number of aryl methyl sites for hydroxylation is 2. The van der Waals surface area contributed by atoms with Crippen molar-refractivity contribution in [1.82, 2.24) is 9.97 Å². The normalized spacial score (nSPS) is 10.8. The smallest absolute Gasteiger partial charge is 0.323 e. The molecule has 0 aliphatic rings. The van der Waals surface area contributed by atoms with Gasteiger partial charge in [-0.2, -0.15) is 0 Å². The summed E-state index contributed by atoms with van der Waals surface area (Å²) in [7, 11) is 0. The van der Waals surface area contributed by atoms with E-state index in [2.05, 4.69) is 30.7 Å². The molecule has 5 nitrogen and oxygen atoms in total. The number of carbonyl (C=O) groups is 1. The average Bonchev–Trinajstić information content (AvgIpc) is 2.26. The Balaban J connectivity index is 3.02. The maximum absolute atomic E-state index is 11.0. The number of carboxylic acids is 1. The third kappa shape index (κ3) is 5.24. The van der Waals surface area contributed by atoms with Crippen LogP contribution in [0.5, 0.6) is 0 Å². The number of aromatic nitrogens is 2. The second kappa shape index (κ2) is 7.07. The Morgan fingerprint density at radius 3 is 2.63 bits per heavy atom. The summed E-state index contributed by atoms with van der Waals surface area (Å²) in [6, 6.07) is 1.90. The van der Waals surface area contributed by atoms with Crippen LogP contribution in [0, 0.1) is 12.8 Å². The first kappa shape index (κ1) is 15.4. The number of anilines is 1. The molecule has 0 radical (unpaired) electrons. The van der Waals surface area contributed by atoms with E-state index in [0.717, 1.165) is 18.5 Å². The van der Waals surface area contributed by atoms with E-state index in [1.54, 1.807) is 4.90 Å². The number of carboxylic acid groups (broad SMARTS) is 1. The van der Waals surface area contributed by atoms with E-state index in [9.17, 15) is 4.79 Å². The van der Waals surface area contributed by atoms with Gasteiger partial charge in [0.25, 0.3) is 0 Å². The molecule has 0 saturated heterocycles. The predicted octanol–water partition coefficient (Wildman–Crippen LogP) is 2.28. The number of hydrogen-bond donors (Lipinski definition) is 1. The van der Waals surface area contributed by atoms with Crippen LogP contribution >= 0.6 is 0 Å². The largest absolute Gasteiger partial charge is 0.480 e. The van der Waals surface area contributed by atoms with Crippen molar-refractivity contribution in [3.05, 3.63) is 17.6 Å². The molecule has 1 aromatic heterocycles. The van der Waals surface area contributed by atoms with Crippen LogP contribution in [0.1, 0.15) is 38.7 Å². The summed E-state index contributed by atoms with van der Waals surface area (Å²) in [6.45, 7) is 8.72. The number of nitrogens with zero attached hydrogens (tertiary/aromatic N) is 3. The highest BCUT2D eigenvalue weighted by Gasteiger charge is 2.15. The van der Waals surface area contributed by atoms with Gasteiger partial charge in [0.15, 0.2) is 0 Å². The van der Waals surface area contributed by atoms with Crippen LogP contribution in [0.2, 0.25) is 0 Å².